The molecule has 0 saturated carbocycles. The molecule has 7 heteroatoms. The Morgan fingerprint density at radius 2 is 0.977 bits per heavy atom. The molecular weight excluding hydrogens is 542 g/mol. The lowest BCUT2D eigenvalue weighted by Crippen LogP contribution is -2.40. The van der Waals surface area contributed by atoms with Gasteiger partial charge in [-0.25, -0.2) is 9.59 Å². The lowest BCUT2D eigenvalue weighted by molar-refractivity contribution is 0.0500. The Morgan fingerprint density at radius 3 is 1.42 bits per heavy atom. The molecule has 0 atom stereocenters. The summed E-state index contributed by atoms with van der Waals surface area (Å²) in [7, 11) is 0. The van der Waals surface area contributed by atoms with Crippen molar-refractivity contribution in [3.05, 3.63) is 70.8 Å². The summed E-state index contributed by atoms with van der Waals surface area (Å²) in [5, 5.41) is 6.07. The van der Waals surface area contributed by atoms with E-state index >= 15 is 0 Å². The highest BCUT2D eigenvalue weighted by Gasteiger charge is 2.34. The third-order valence-corrected chi connectivity index (χ3v) is 8.49. The van der Waals surface area contributed by atoms with Crippen LogP contribution in [-0.2, 0) is 9.47 Å². The van der Waals surface area contributed by atoms with Crippen molar-refractivity contribution in [1.82, 2.24) is 4.90 Å². The molecule has 0 unspecified atom stereocenters. The highest BCUT2D eigenvalue weighted by Crippen LogP contribution is 2.45. The molecule has 6 rings (SSSR count). The van der Waals surface area contributed by atoms with Gasteiger partial charge in [0.1, 0.15) is 0 Å². The summed E-state index contributed by atoms with van der Waals surface area (Å²) in [6.45, 7) is 7.05. The Labute approximate surface area is 250 Å². The maximum Gasteiger partial charge on any atom is 0.338 e. The smallest absolute Gasteiger partial charge is 0.338 e. The first-order valence-electron chi connectivity index (χ1n) is 15.3. The highest BCUT2D eigenvalue weighted by molar-refractivity contribution is 6.39. The van der Waals surface area contributed by atoms with Crippen LogP contribution in [0.15, 0.2) is 48.5 Å². The SMILES string of the molecule is CCCCOC(=O)c1ccc2c3ccc4c5c(ccc(c6ccc(C(=O)OCCCC)c1c26)c53)C(=O)N(CCCC)C4=O. The van der Waals surface area contributed by atoms with Crippen molar-refractivity contribution in [1.29, 1.82) is 0 Å². The quantitative estimate of drug-likeness (QED) is 0.0519. The van der Waals surface area contributed by atoms with Gasteiger partial charge in [0.2, 0.25) is 0 Å². The van der Waals surface area contributed by atoms with Crippen molar-refractivity contribution in [2.24, 2.45) is 0 Å². The molecule has 0 fully saturated rings. The predicted octanol–water partition coefficient (Wildman–Crippen LogP) is 8.05. The minimum atomic E-state index is -0.487. The molecule has 0 N–H and O–H groups in total. The van der Waals surface area contributed by atoms with Crippen LogP contribution in [0.5, 0.6) is 0 Å². The fourth-order valence-corrected chi connectivity index (χ4v) is 6.26. The largest absolute Gasteiger partial charge is 0.462 e. The topological polar surface area (TPSA) is 90.0 Å². The molecule has 220 valence electrons. The summed E-state index contributed by atoms with van der Waals surface area (Å²) in [4.78, 5) is 55.2. The number of hydrogen-bond acceptors (Lipinski definition) is 6. The van der Waals surface area contributed by atoms with Crippen molar-refractivity contribution in [3.63, 3.8) is 0 Å². The van der Waals surface area contributed by atoms with E-state index in [-0.39, 0.29) is 11.8 Å². The molecule has 5 aromatic rings. The fraction of sp³-hybridized carbons (Fsp3) is 0.333. The summed E-state index contributed by atoms with van der Waals surface area (Å²) >= 11 is 0. The van der Waals surface area contributed by atoms with Gasteiger partial charge in [0.15, 0.2) is 0 Å². The van der Waals surface area contributed by atoms with E-state index in [1.165, 1.54) is 4.90 Å². The van der Waals surface area contributed by atoms with Crippen LogP contribution in [0.3, 0.4) is 0 Å². The minimum absolute atomic E-state index is 0.277. The number of nitrogens with zero attached hydrogens (tertiary/aromatic N) is 1. The van der Waals surface area contributed by atoms with Crippen molar-refractivity contribution >= 4 is 66.8 Å². The van der Waals surface area contributed by atoms with Crippen molar-refractivity contribution in [2.75, 3.05) is 19.8 Å². The Hall–Kier alpha value is -4.52. The van der Waals surface area contributed by atoms with Gasteiger partial charge in [0, 0.05) is 28.4 Å². The van der Waals surface area contributed by atoms with Gasteiger partial charge in [0.05, 0.1) is 24.3 Å². The summed E-state index contributed by atoms with van der Waals surface area (Å²) in [5.41, 5.74) is 1.65. The Kier molecular flexibility index (Phi) is 7.74. The second-order valence-electron chi connectivity index (χ2n) is 11.2. The first kappa shape index (κ1) is 28.6. The van der Waals surface area contributed by atoms with E-state index in [4.69, 9.17) is 9.47 Å². The second kappa shape index (κ2) is 11.6. The summed E-state index contributed by atoms with van der Waals surface area (Å²) in [5.74, 6) is -1.53. The average Bonchev–Trinajstić information content (AvgIpc) is 3.02. The Morgan fingerprint density at radius 1 is 0.558 bits per heavy atom. The summed E-state index contributed by atoms with van der Waals surface area (Å²) in [6, 6.07) is 14.6. The van der Waals surface area contributed by atoms with Gasteiger partial charge in [-0.2, -0.15) is 0 Å². The van der Waals surface area contributed by atoms with Gasteiger partial charge >= 0.3 is 11.9 Å². The lowest BCUT2D eigenvalue weighted by Gasteiger charge is -2.28. The first-order chi connectivity index (χ1) is 20.9. The van der Waals surface area contributed by atoms with Crippen LogP contribution in [-0.4, -0.2) is 48.4 Å². The van der Waals surface area contributed by atoms with E-state index in [1.54, 1.807) is 24.3 Å². The van der Waals surface area contributed by atoms with Crippen LogP contribution < -0.4 is 0 Å². The standard InChI is InChI=1S/C36H35NO6/c1-4-7-18-37-33(38)25-14-10-21-23-12-16-27(35(40)42-19-8-5-2)32-28(36(41)43-20-9-6-3)17-13-24(30(23)32)22-11-15-26(34(37)39)31(25)29(21)22/h10-17H,4-9,18-20H2,1-3H3. The molecule has 7 nitrogen and oxygen atoms in total. The molecule has 0 spiro atoms. The number of hydrogen-bond donors (Lipinski definition) is 0. The van der Waals surface area contributed by atoms with Gasteiger partial charge in [-0.1, -0.05) is 64.3 Å². The lowest BCUT2D eigenvalue weighted by atomic mass is 9.83. The van der Waals surface area contributed by atoms with Crippen LogP contribution in [0, 0.1) is 0 Å². The van der Waals surface area contributed by atoms with E-state index in [0.29, 0.717) is 52.8 Å². The predicted molar refractivity (Wildman–Crippen MR) is 168 cm³/mol. The van der Waals surface area contributed by atoms with Gasteiger partial charge in [-0.15, -0.1) is 0 Å². The number of unbranched alkanes of at least 4 members (excludes halogenated alkanes) is 3. The van der Waals surface area contributed by atoms with E-state index in [2.05, 4.69) is 0 Å². The molecule has 0 saturated heterocycles. The zero-order valence-corrected chi connectivity index (χ0v) is 24.9. The number of carbonyl (C=O) groups is 4. The number of amides is 2. The summed E-state index contributed by atoms with van der Waals surface area (Å²) < 4.78 is 11.2. The van der Waals surface area contributed by atoms with Crippen molar-refractivity contribution < 1.29 is 28.7 Å². The third kappa shape index (κ3) is 4.58. The molecule has 1 aliphatic heterocycles. The van der Waals surface area contributed by atoms with Crippen LogP contribution in [0.1, 0.15) is 101 Å². The molecule has 0 aromatic heterocycles. The Bertz CT molecular complexity index is 1800. The van der Waals surface area contributed by atoms with Gasteiger partial charge in [-0.05, 0) is 75.8 Å². The van der Waals surface area contributed by atoms with E-state index in [9.17, 15) is 19.2 Å². The molecule has 0 bridgehead atoms. The van der Waals surface area contributed by atoms with Crippen LogP contribution >= 0.6 is 0 Å². The highest BCUT2D eigenvalue weighted by atomic mass is 16.5. The second-order valence-corrected chi connectivity index (χ2v) is 11.2. The maximum absolute atomic E-state index is 13.5. The third-order valence-electron chi connectivity index (χ3n) is 8.49. The van der Waals surface area contributed by atoms with E-state index in [0.717, 1.165) is 70.8 Å². The average molecular weight is 578 g/mol. The molecular formula is C36H35NO6. The number of esters is 2. The minimum Gasteiger partial charge on any atom is -0.462 e. The number of benzene rings is 5. The van der Waals surface area contributed by atoms with Crippen molar-refractivity contribution in [3.8, 4) is 0 Å². The van der Waals surface area contributed by atoms with Crippen LogP contribution in [0.25, 0.3) is 43.1 Å². The first-order valence-corrected chi connectivity index (χ1v) is 15.3. The van der Waals surface area contributed by atoms with Crippen LogP contribution in [0.2, 0.25) is 0 Å². The molecule has 2 amide bonds. The normalized spacial score (nSPS) is 13.1. The molecule has 1 aliphatic rings. The monoisotopic (exact) mass is 577 g/mol. The number of ether oxygens (including phenoxy) is 2. The molecule has 1 heterocycles. The maximum atomic E-state index is 13.5. The Balaban J connectivity index is 1.64. The molecule has 0 aliphatic carbocycles. The van der Waals surface area contributed by atoms with Gasteiger partial charge in [-0.3, -0.25) is 14.5 Å². The van der Waals surface area contributed by atoms with E-state index in [1.807, 2.05) is 45.0 Å². The number of rotatable bonds is 11. The molecule has 43 heavy (non-hydrogen) atoms. The number of fused-ring (bicyclic) bond motifs is 2. The van der Waals surface area contributed by atoms with E-state index < -0.39 is 11.9 Å². The zero-order chi connectivity index (χ0) is 30.2. The zero-order valence-electron chi connectivity index (χ0n) is 24.9. The van der Waals surface area contributed by atoms with Gasteiger partial charge in [0.25, 0.3) is 11.8 Å². The summed E-state index contributed by atoms with van der Waals surface area (Å²) in [6.07, 6.45) is 4.88. The van der Waals surface area contributed by atoms with Gasteiger partial charge < -0.3 is 9.47 Å². The number of carbonyl (C=O) groups excluding carboxylic acids is 4. The van der Waals surface area contributed by atoms with Crippen molar-refractivity contribution in [2.45, 2.75) is 59.3 Å². The molecule has 0 radical (unpaired) electrons. The molecule has 5 aromatic carbocycles. The number of imide groups is 1. The fourth-order valence-electron chi connectivity index (χ4n) is 6.26. The van der Waals surface area contributed by atoms with Crippen LogP contribution in [0.4, 0.5) is 0 Å².